The summed E-state index contributed by atoms with van der Waals surface area (Å²) in [6, 6.07) is 32.8. The van der Waals surface area contributed by atoms with Crippen LogP contribution in [0.3, 0.4) is 0 Å². The summed E-state index contributed by atoms with van der Waals surface area (Å²) in [6.45, 7) is 0.00424. The number of amidine groups is 1. The number of nitrogens with one attached hydrogen (secondary N) is 1. The lowest BCUT2D eigenvalue weighted by molar-refractivity contribution is -0.119. The molecule has 1 saturated heterocycles. The molecule has 254 valence electrons. The van der Waals surface area contributed by atoms with E-state index in [1.54, 1.807) is 49.5 Å². The fourth-order valence-corrected chi connectivity index (χ4v) is 6.36. The summed E-state index contributed by atoms with van der Waals surface area (Å²) in [5.74, 6) is 0.488. The van der Waals surface area contributed by atoms with Gasteiger partial charge in [0.1, 0.15) is 29.4 Å². The van der Waals surface area contributed by atoms with Crippen molar-refractivity contribution in [2.75, 3.05) is 20.8 Å². The molecule has 4 atom stereocenters. The Morgan fingerprint density at radius 2 is 1.48 bits per heavy atom. The number of fused-ring (bicyclic) bond motifs is 1. The molecule has 0 aliphatic carbocycles. The zero-order valence-electron chi connectivity index (χ0n) is 27.4. The lowest BCUT2D eigenvalue weighted by atomic mass is 9.80. The standard InChI is InChI=1S/C38H35N5O7/c1-47-28-17-13-26(14-18-28)38(25-11-7-4-8-12-25,27-15-19-29(48-2)20-16-27)49-22-31-30(44)21-32(50-31)43-23-39-33-34(43)40-37(42-36(33)46)41-35(45)24-9-5-3-6-10-24/h3-20,23,30-33,44H,21-22H2,1-2H3,(H,41,42,45,46)/t30-,31+,32+,33?/m0/s1. The van der Waals surface area contributed by atoms with Crippen molar-refractivity contribution in [2.45, 2.75) is 36.5 Å². The van der Waals surface area contributed by atoms with Gasteiger partial charge in [0.05, 0.1) is 33.3 Å². The van der Waals surface area contributed by atoms with Gasteiger partial charge in [0.15, 0.2) is 11.9 Å². The number of aliphatic hydroxyl groups is 1. The zero-order chi connectivity index (χ0) is 34.7. The van der Waals surface area contributed by atoms with Crippen molar-refractivity contribution < 1.29 is 33.6 Å². The van der Waals surface area contributed by atoms with Crippen LogP contribution in [0.4, 0.5) is 0 Å². The number of ether oxygens (including phenoxy) is 4. The topological polar surface area (TPSA) is 144 Å². The fraction of sp³-hybridized carbons (Fsp3) is 0.237. The van der Waals surface area contributed by atoms with E-state index in [2.05, 4.69) is 20.3 Å². The average Bonchev–Trinajstić information content (AvgIpc) is 3.76. The minimum Gasteiger partial charge on any atom is -0.497 e. The second-order valence-electron chi connectivity index (χ2n) is 11.9. The quantitative estimate of drug-likeness (QED) is 0.241. The van der Waals surface area contributed by atoms with Gasteiger partial charge in [0, 0.05) is 12.0 Å². The Morgan fingerprint density at radius 3 is 2.08 bits per heavy atom. The largest absolute Gasteiger partial charge is 0.497 e. The molecule has 0 spiro atoms. The van der Waals surface area contributed by atoms with Crippen LogP contribution in [-0.2, 0) is 19.9 Å². The highest BCUT2D eigenvalue weighted by molar-refractivity contribution is 6.25. The van der Waals surface area contributed by atoms with Crippen LogP contribution in [0.2, 0.25) is 0 Å². The van der Waals surface area contributed by atoms with Crippen molar-refractivity contribution in [2.24, 2.45) is 15.0 Å². The molecule has 12 heteroatoms. The minimum atomic E-state index is -1.11. The Balaban J connectivity index is 1.17. The van der Waals surface area contributed by atoms with Crippen LogP contribution in [-0.4, -0.2) is 85.3 Å². The van der Waals surface area contributed by atoms with E-state index in [4.69, 9.17) is 18.9 Å². The number of carbonyl (C=O) groups is 2. The van der Waals surface area contributed by atoms with Gasteiger partial charge in [0.25, 0.3) is 11.8 Å². The van der Waals surface area contributed by atoms with Crippen LogP contribution in [0.1, 0.15) is 33.5 Å². The maximum absolute atomic E-state index is 12.9. The summed E-state index contributed by atoms with van der Waals surface area (Å²) in [5, 5.41) is 13.9. The molecule has 4 aromatic carbocycles. The molecular formula is C38H35N5O7. The normalized spacial score (nSPS) is 22.2. The van der Waals surface area contributed by atoms with E-state index in [0.717, 1.165) is 16.7 Å². The molecule has 2 amide bonds. The predicted molar refractivity (Wildman–Crippen MR) is 185 cm³/mol. The molecule has 0 aromatic heterocycles. The third-order valence-corrected chi connectivity index (χ3v) is 8.93. The van der Waals surface area contributed by atoms with Crippen LogP contribution < -0.4 is 14.8 Å². The summed E-state index contributed by atoms with van der Waals surface area (Å²) in [4.78, 5) is 40.1. The monoisotopic (exact) mass is 673 g/mol. The van der Waals surface area contributed by atoms with Crippen molar-refractivity contribution in [1.82, 2.24) is 10.2 Å². The smallest absolute Gasteiger partial charge is 0.280 e. The Hall–Kier alpha value is -5.69. The van der Waals surface area contributed by atoms with Crippen LogP contribution in [0.5, 0.6) is 11.5 Å². The van der Waals surface area contributed by atoms with Crippen LogP contribution in [0.25, 0.3) is 0 Å². The highest BCUT2D eigenvalue weighted by Crippen LogP contribution is 2.42. The SMILES string of the molecule is COc1ccc(C(OC[C@H]2O[C@@H](N3C=NC4C(=O)NC(=NC(=O)c5ccccc5)N=C43)C[C@@H]2O)(c2ccccc2)c2ccc(OC)cc2)cc1. The number of aliphatic imine (C=N–C) groups is 3. The molecule has 7 rings (SSSR count). The number of benzene rings is 4. The van der Waals surface area contributed by atoms with E-state index in [1.807, 2.05) is 78.9 Å². The molecule has 3 aliphatic heterocycles. The first-order valence-electron chi connectivity index (χ1n) is 16.1. The van der Waals surface area contributed by atoms with Gasteiger partial charge in [-0.3, -0.25) is 24.8 Å². The number of hydrogen-bond acceptors (Lipinski definition) is 9. The molecule has 0 saturated carbocycles. The van der Waals surface area contributed by atoms with E-state index < -0.39 is 41.9 Å². The molecule has 12 nitrogen and oxygen atoms in total. The van der Waals surface area contributed by atoms with Crippen molar-refractivity contribution >= 4 is 29.9 Å². The van der Waals surface area contributed by atoms with Gasteiger partial charge in [-0.15, -0.1) is 0 Å². The number of rotatable bonds is 10. The summed E-state index contributed by atoms with van der Waals surface area (Å²) in [5.41, 5.74) is 1.80. The van der Waals surface area contributed by atoms with Crippen molar-refractivity contribution in [1.29, 1.82) is 0 Å². The maximum atomic E-state index is 12.9. The van der Waals surface area contributed by atoms with Crippen molar-refractivity contribution in [3.8, 4) is 11.5 Å². The number of hydrogen-bond donors (Lipinski definition) is 2. The molecule has 3 aliphatic rings. The van der Waals surface area contributed by atoms with E-state index >= 15 is 0 Å². The molecule has 2 N–H and O–H groups in total. The number of methoxy groups -OCH3 is 2. The second-order valence-corrected chi connectivity index (χ2v) is 11.9. The molecule has 50 heavy (non-hydrogen) atoms. The first-order valence-corrected chi connectivity index (χ1v) is 16.1. The van der Waals surface area contributed by atoms with Crippen LogP contribution in [0, 0.1) is 0 Å². The van der Waals surface area contributed by atoms with Crippen LogP contribution >= 0.6 is 0 Å². The van der Waals surface area contributed by atoms with Gasteiger partial charge in [-0.05, 0) is 53.1 Å². The number of aliphatic hydroxyl groups excluding tert-OH is 1. The molecule has 1 fully saturated rings. The Bertz CT molecular complexity index is 1880. The highest BCUT2D eigenvalue weighted by Gasteiger charge is 2.46. The zero-order valence-corrected chi connectivity index (χ0v) is 27.4. The average molecular weight is 674 g/mol. The Kier molecular flexibility index (Phi) is 9.22. The third-order valence-electron chi connectivity index (χ3n) is 8.93. The van der Waals surface area contributed by atoms with Gasteiger partial charge < -0.3 is 24.1 Å². The van der Waals surface area contributed by atoms with Gasteiger partial charge in [-0.1, -0.05) is 72.8 Å². The molecule has 4 aromatic rings. The van der Waals surface area contributed by atoms with Crippen LogP contribution in [0.15, 0.2) is 124 Å². The van der Waals surface area contributed by atoms with Crippen molar-refractivity contribution in [3.63, 3.8) is 0 Å². The van der Waals surface area contributed by atoms with E-state index in [-0.39, 0.29) is 24.8 Å². The summed E-state index contributed by atoms with van der Waals surface area (Å²) in [6.07, 6.45) is -0.728. The summed E-state index contributed by atoms with van der Waals surface area (Å²) >= 11 is 0. The summed E-state index contributed by atoms with van der Waals surface area (Å²) < 4.78 is 24.3. The van der Waals surface area contributed by atoms with Gasteiger partial charge in [-0.2, -0.15) is 9.98 Å². The molecular weight excluding hydrogens is 638 g/mol. The Labute approximate surface area is 288 Å². The first kappa shape index (κ1) is 32.8. The number of amides is 2. The third kappa shape index (κ3) is 6.27. The Morgan fingerprint density at radius 1 is 0.900 bits per heavy atom. The predicted octanol–water partition coefficient (Wildman–Crippen LogP) is 3.93. The second kappa shape index (κ2) is 14.0. The lowest BCUT2D eigenvalue weighted by Gasteiger charge is -2.37. The number of carbonyl (C=O) groups excluding carboxylic acids is 2. The lowest BCUT2D eigenvalue weighted by Crippen LogP contribution is -2.51. The molecule has 3 heterocycles. The summed E-state index contributed by atoms with van der Waals surface area (Å²) in [7, 11) is 3.23. The number of guanidine groups is 1. The van der Waals surface area contributed by atoms with Crippen molar-refractivity contribution in [3.05, 3.63) is 131 Å². The highest BCUT2D eigenvalue weighted by atomic mass is 16.6. The van der Waals surface area contributed by atoms with E-state index in [1.165, 1.54) is 6.34 Å². The molecule has 0 radical (unpaired) electrons. The fourth-order valence-electron chi connectivity index (χ4n) is 6.36. The van der Waals surface area contributed by atoms with Gasteiger partial charge >= 0.3 is 0 Å². The van der Waals surface area contributed by atoms with E-state index in [0.29, 0.717) is 17.1 Å². The maximum Gasteiger partial charge on any atom is 0.280 e. The van der Waals surface area contributed by atoms with Gasteiger partial charge in [-0.25, -0.2) is 0 Å². The number of nitrogens with zero attached hydrogens (tertiary/aromatic N) is 4. The molecule has 1 unspecified atom stereocenters. The molecule has 0 bridgehead atoms. The van der Waals surface area contributed by atoms with Gasteiger partial charge in [0.2, 0.25) is 5.96 Å². The minimum absolute atomic E-state index is 0.00424. The van der Waals surface area contributed by atoms with E-state index in [9.17, 15) is 14.7 Å². The first-order chi connectivity index (χ1) is 24.4.